The predicted octanol–water partition coefficient (Wildman–Crippen LogP) is 1.57. The van der Waals surface area contributed by atoms with Crippen molar-refractivity contribution in [3.63, 3.8) is 0 Å². The molecule has 0 aromatic heterocycles. The molecule has 0 aliphatic carbocycles. The Morgan fingerprint density at radius 1 is 1.13 bits per heavy atom. The SMILES string of the molecule is C=CCOC(=O)NCCCC[C@@H](NC(=O)OC(C)(C)C)C(=O)ON1C(=O)CCC1=O. The van der Waals surface area contributed by atoms with Crippen molar-refractivity contribution in [2.75, 3.05) is 13.2 Å². The molecule has 1 aliphatic heterocycles. The lowest BCUT2D eigenvalue weighted by atomic mass is 10.1. The van der Waals surface area contributed by atoms with Gasteiger partial charge in [0.05, 0.1) is 0 Å². The molecule has 1 saturated heterocycles. The van der Waals surface area contributed by atoms with Crippen LogP contribution >= 0.6 is 0 Å². The second-order valence-corrected chi connectivity index (χ2v) is 7.50. The summed E-state index contributed by atoms with van der Waals surface area (Å²) in [6, 6.07) is -1.14. The van der Waals surface area contributed by atoms with E-state index in [1.54, 1.807) is 20.8 Å². The second kappa shape index (κ2) is 11.8. The number of ether oxygens (including phenoxy) is 2. The summed E-state index contributed by atoms with van der Waals surface area (Å²) < 4.78 is 9.91. The monoisotopic (exact) mass is 427 g/mol. The first-order valence-corrected chi connectivity index (χ1v) is 9.62. The minimum atomic E-state index is -1.14. The quantitative estimate of drug-likeness (QED) is 0.304. The molecule has 0 aromatic rings. The average molecular weight is 427 g/mol. The van der Waals surface area contributed by atoms with Gasteiger partial charge in [0.15, 0.2) is 0 Å². The Labute approximate surface area is 175 Å². The Morgan fingerprint density at radius 2 is 1.77 bits per heavy atom. The fourth-order valence-electron chi connectivity index (χ4n) is 2.36. The highest BCUT2D eigenvalue weighted by Gasteiger charge is 2.35. The van der Waals surface area contributed by atoms with Crippen LogP contribution in [0.25, 0.3) is 0 Å². The third-order valence-corrected chi connectivity index (χ3v) is 3.68. The van der Waals surface area contributed by atoms with Crippen LogP contribution in [0.15, 0.2) is 12.7 Å². The van der Waals surface area contributed by atoms with Crippen LogP contribution < -0.4 is 10.6 Å². The standard InChI is InChI=1S/C19H29N3O8/c1-5-12-28-17(26)20-11-7-6-8-13(21-18(27)29-19(2,3)4)16(25)30-22-14(23)9-10-15(22)24/h5,13H,1,6-12H2,2-4H3,(H,20,26)(H,21,27)/t13-/m1/s1. The number of nitrogens with zero attached hydrogens (tertiary/aromatic N) is 1. The van der Waals surface area contributed by atoms with E-state index < -0.39 is 41.6 Å². The number of carbonyl (C=O) groups excluding carboxylic acids is 5. The van der Waals surface area contributed by atoms with Gasteiger partial charge in [-0.1, -0.05) is 12.7 Å². The smallest absolute Gasteiger partial charge is 0.408 e. The third kappa shape index (κ3) is 9.39. The molecule has 4 amide bonds. The van der Waals surface area contributed by atoms with E-state index >= 15 is 0 Å². The first-order valence-electron chi connectivity index (χ1n) is 9.62. The van der Waals surface area contributed by atoms with Gasteiger partial charge in [-0.3, -0.25) is 9.59 Å². The molecule has 1 heterocycles. The van der Waals surface area contributed by atoms with Gasteiger partial charge < -0.3 is 24.9 Å². The minimum absolute atomic E-state index is 0.0378. The molecule has 168 valence electrons. The molecule has 11 heteroatoms. The highest BCUT2D eigenvalue weighted by molar-refractivity contribution is 6.01. The molecule has 30 heavy (non-hydrogen) atoms. The van der Waals surface area contributed by atoms with E-state index in [0.29, 0.717) is 17.9 Å². The van der Waals surface area contributed by atoms with E-state index in [0.717, 1.165) is 0 Å². The van der Waals surface area contributed by atoms with Crippen molar-refractivity contribution in [2.24, 2.45) is 0 Å². The Bertz CT molecular complexity index is 655. The zero-order chi connectivity index (χ0) is 22.7. The Balaban J connectivity index is 2.59. The van der Waals surface area contributed by atoms with E-state index in [9.17, 15) is 24.0 Å². The van der Waals surface area contributed by atoms with Crippen LogP contribution in [0.5, 0.6) is 0 Å². The van der Waals surface area contributed by atoms with E-state index in [2.05, 4.69) is 17.2 Å². The molecule has 2 N–H and O–H groups in total. The molecule has 0 unspecified atom stereocenters. The van der Waals surface area contributed by atoms with Gasteiger partial charge in [0.2, 0.25) is 0 Å². The molecular weight excluding hydrogens is 398 g/mol. The zero-order valence-corrected chi connectivity index (χ0v) is 17.5. The van der Waals surface area contributed by atoms with Crippen LogP contribution in [0.3, 0.4) is 0 Å². The van der Waals surface area contributed by atoms with Crippen LogP contribution in [-0.2, 0) is 28.7 Å². The molecule has 1 aliphatic rings. The van der Waals surface area contributed by atoms with Crippen molar-refractivity contribution in [1.82, 2.24) is 15.7 Å². The van der Waals surface area contributed by atoms with Crippen molar-refractivity contribution in [3.05, 3.63) is 12.7 Å². The number of imide groups is 1. The van der Waals surface area contributed by atoms with Crippen LogP contribution in [-0.4, -0.2) is 59.8 Å². The van der Waals surface area contributed by atoms with Gasteiger partial charge in [0, 0.05) is 19.4 Å². The minimum Gasteiger partial charge on any atom is -0.445 e. The summed E-state index contributed by atoms with van der Waals surface area (Å²) in [5.41, 5.74) is -0.783. The lowest BCUT2D eigenvalue weighted by Crippen LogP contribution is -2.46. The summed E-state index contributed by atoms with van der Waals surface area (Å²) in [5.74, 6) is -2.19. The molecule has 1 rings (SSSR count). The Hall–Kier alpha value is -3.11. The predicted molar refractivity (Wildman–Crippen MR) is 104 cm³/mol. The highest BCUT2D eigenvalue weighted by atomic mass is 16.7. The van der Waals surface area contributed by atoms with E-state index in [1.807, 2.05) is 0 Å². The molecule has 0 aromatic carbocycles. The van der Waals surface area contributed by atoms with Gasteiger partial charge >= 0.3 is 18.2 Å². The number of nitrogens with one attached hydrogen (secondary N) is 2. The molecule has 0 spiro atoms. The lowest BCUT2D eigenvalue weighted by Gasteiger charge is -2.23. The zero-order valence-electron chi connectivity index (χ0n) is 17.5. The van der Waals surface area contributed by atoms with Gasteiger partial charge in [-0.25, -0.2) is 14.4 Å². The normalized spacial score (nSPS) is 14.7. The molecule has 0 bridgehead atoms. The fourth-order valence-corrected chi connectivity index (χ4v) is 2.36. The summed E-state index contributed by atoms with van der Waals surface area (Å²) in [6.45, 7) is 8.80. The maximum atomic E-state index is 12.4. The van der Waals surface area contributed by atoms with Gasteiger partial charge in [-0.05, 0) is 40.0 Å². The largest absolute Gasteiger partial charge is 0.445 e. The summed E-state index contributed by atoms with van der Waals surface area (Å²) in [5, 5.41) is 5.34. The van der Waals surface area contributed by atoms with Crippen molar-refractivity contribution in [1.29, 1.82) is 0 Å². The van der Waals surface area contributed by atoms with Crippen LogP contribution in [0, 0.1) is 0 Å². The summed E-state index contributed by atoms with van der Waals surface area (Å²) in [7, 11) is 0. The number of carbonyl (C=O) groups is 5. The number of hydrogen-bond acceptors (Lipinski definition) is 8. The van der Waals surface area contributed by atoms with Crippen molar-refractivity contribution in [2.45, 2.75) is 64.5 Å². The first kappa shape index (κ1) is 24.9. The molecular formula is C19H29N3O8. The molecule has 0 saturated carbocycles. The number of amides is 4. The van der Waals surface area contributed by atoms with Crippen LogP contribution in [0.1, 0.15) is 52.9 Å². The number of unbranched alkanes of at least 4 members (excludes halogenated alkanes) is 1. The lowest BCUT2D eigenvalue weighted by molar-refractivity contribution is -0.199. The summed E-state index contributed by atoms with van der Waals surface area (Å²) >= 11 is 0. The van der Waals surface area contributed by atoms with E-state index in [-0.39, 0.29) is 32.4 Å². The van der Waals surface area contributed by atoms with Crippen LogP contribution in [0.4, 0.5) is 9.59 Å². The van der Waals surface area contributed by atoms with E-state index in [4.69, 9.17) is 14.3 Å². The van der Waals surface area contributed by atoms with Crippen molar-refractivity contribution >= 4 is 30.0 Å². The highest BCUT2D eigenvalue weighted by Crippen LogP contribution is 2.14. The van der Waals surface area contributed by atoms with Gasteiger partial charge in [0.25, 0.3) is 11.8 Å². The maximum Gasteiger partial charge on any atom is 0.408 e. The van der Waals surface area contributed by atoms with E-state index in [1.165, 1.54) is 6.08 Å². The van der Waals surface area contributed by atoms with Gasteiger partial charge in [-0.2, -0.15) is 0 Å². The third-order valence-electron chi connectivity index (χ3n) is 3.68. The Kier molecular flexibility index (Phi) is 9.79. The molecule has 0 radical (unpaired) electrons. The molecule has 1 atom stereocenters. The first-order chi connectivity index (χ1) is 14.0. The fraction of sp³-hybridized carbons (Fsp3) is 0.632. The Morgan fingerprint density at radius 3 is 2.33 bits per heavy atom. The van der Waals surface area contributed by atoms with Crippen LogP contribution in [0.2, 0.25) is 0 Å². The maximum absolute atomic E-state index is 12.4. The average Bonchev–Trinajstić information content (AvgIpc) is 2.95. The number of rotatable bonds is 10. The summed E-state index contributed by atoms with van der Waals surface area (Å²) in [4.78, 5) is 64.0. The number of hydroxylamine groups is 2. The van der Waals surface area contributed by atoms with Crippen molar-refractivity contribution in [3.8, 4) is 0 Å². The van der Waals surface area contributed by atoms with Gasteiger partial charge in [0.1, 0.15) is 18.2 Å². The number of alkyl carbamates (subject to hydrolysis) is 2. The summed E-state index contributed by atoms with van der Waals surface area (Å²) in [6.07, 6.45) is 0.960. The molecule has 11 nitrogen and oxygen atoms in total. The molecule has 1 fully saturated rings. The topological polar surface area (TPSA) is 140 Å². The van der Waals surface area contributed by atoms with Crippen molar-refractivity contribution < 1.29 is 38.3 Å². The van der Waals surface area contributed by atoms with Gasteiger partial charge in [-0.15, -0.1) is 5.06 Å². The number of hydrogen-bond donors (Lipinski definition) is 2. The second-order valence-electron chi connectivity index (χ2n) is 7.50.